The molecule has 0 saturated heterocycles. The van der Waals surface area contributed by atoms with Crippen LogP contribution in [0.3, 0.4) is 0 Å². The lowest BCUT2D eigenvalue weighted by Crippen LogP contribution is -2.29. The Morgan fingerprint density at radius 1 is 1.42 bits per heavy atom. The van der Waals surface area contributed by atoms with Crippen LogP contribution in [0.2, 0.25) is 0 Å². The third-order valence-corrected chi connectivity index (χ3v) is 3.60. The molecule has 0 heterocycles. The zero-order chi connectivity index (χ0) is 13.7. The van der Waals surface area contributed by atoms with Crippen LogP contribution in [0.25, 0.3) is 0 Å². The molecule has 0 aromatic heterocycles. The Labute approximate surface area is 114 Å². The number of nitrogens with zero attached hydrogens (tertiary/aromatic N) is 1. The maximum Gasteiger partial charge on any atom is 0.138 e. The summed E-state index contributed by atoms with van der Waals surface area (Å²) in [7, 11) is 2.12. The van der Waals surface area contributed by atoms with E-state index in [1.165, 1.54) is 25.3 Å². The van der Waals surface area contributed by atoms with Crippen molar-refractivity contribution in [3.63, 3.8) is 0 Å². The van der Waals surface area contributed by atoms with E-state index in [-0.39, 0.29) is 12.4 Å². The Bertz CT molecular complexity index is 483. The summed E-state index contributed by atoms with van der Waals surface area (Å²) >= 11 is 0. The van der Waals surface area contributed by atoms with Gasteiger partial charge in [-0.1, -0.05) is 24.3 Å². The van der Waals surface area contributed by atoms with E-state index in [9.17, 15) is 4.39 Å². The van der Waals surface area contributed by atoms with Crippen LogP contribution in [-0.4, -0.2) is 25.0 Å². The second-order valence-corrected chi connectivity index (χ2v) is 5.31. The van der Waals surface area contributed by atoms with Gasteiger partial charge in [0.1, 0.15) is 5.82 Å². The largest absolute Gasteiger partial charge is 0.320 e. The fourth-order valence-electron chi connectivity index (χ4n) is 2.41. The minimum atomic E-state index is -0.272. The van der Waals surface area contributed by atoms with Crippen LogP contribution in [0.4, 0.5) is 4.39 Å². The highest BCUT2D eigenvalue weighted by Crippen LogP contribution is 2.27. The smallest absolute Gasteiger partial charge is 0.138 e. The number of benzene rings is 1. The summed E-state index contributed by atoms with van der Waals surface area (Å²) in [5.41, 5.74) is 6.86. The van der Waals surface area contributed by atoms with Gasteiger partial charge in [0, 0.05) is 13.1 Å². The molecule has 0 unspecified atom stereocenters. The highest BCUT2D eigenvalue weighted by atomic mass is 19.1. The molecule has 1 saturated carbocycles. The standard InChI is InChI=1S/C16H21FN2/c1-19(11-13-4-2-5-13)12-14-7-8-16(17)15(10-14)6-3-9-18/h7-8,10,13H,2,4-5,9,11-12,18H2,1H3. The van der Waals surface area contributed by atoms with E-state index < -0.39 is 0 Å². The third kappa shape index (κ3) is 4.05. The second-order valence-electron chi connectivity index (χ2n) is 5.31. The van der Waals surface area contributed by atoms with Crippen molar-refractivity contribution in [2.24, 2.45) is 11.7 Å². The second kappa shape index (κ2) is 6.70. The normalized spacial score (nSPS) is 14.9. The first kappa shape index (κ1) is 14.0. The molecule has 0 aliphatic heterocycles. The summed E-state index contributed by atoms with van der Waals surface area (Å²) in [5.74, 6) is 6.06. The van der Waals surface area contributed by atoms with Gasteiger partial charge in [0.2, 0.25) is 0 Å². The molecule has 0 bridgehead atoms. The van der Waals surface area contributed by atoms with E-state index in [2.05, 4.69) is 23.8 Å². The predicted molar refractivity (Wildman–Crippen MR) is 76.0 cm³/mol. The highest BCUT2D eigenvalue weighted by molar-refractivity contribution is 5.38. The van der Waals surface area contributed by atoms with Crippen molar-refractivity contribution in [3.05, 3.63) is 35.1 Å². The van der Waals surface area contributed by atoms with Gasteiger partial charge in [-0.3, -0.25) is 0 Å². The SMILES string of the molecule is CN(Cc1ccc(F)c(C#CCN)c1)CC1CCC1. The van der Waals surface area contributed by atoms with Gasteiger partial charge in [0.05, 0.1) is 12.1 Å². The molecule has 3 heteroatoms. The quantitative estimate of drug-likeness (QED) is 0.842. The van der Waals surface area contributed by atoms with Crippen molar-refractivity contribution in [2.45, 2.75) is 25.8 Å². The molecule has 2 N–H and O–H groups in total. The molecular weight excluding hydrogens is 239 g/mol. The van der Waals surface area contributed by atoms with Gasteiger partial charge in [-0.2, -0.15) is 0 Å². The summed E-state index contributed by atoms with van der Waals surface area (Å²) in [6, 6.07) is 5.16. The van der Waals surface area contributed by atoms with Crippen LogP contribution in [0, 0.1) is 23.6 Å². The van der Waals surface area contributed by atoms with Gasteiger partial charge >= 0.3 is 0 Å². The van der Waals surface area contributed by atoms with E-state index in [1.807, 2.05) is 12.1 Å². The Morgan fingerprint density at radius 2 is 2.21 bits per heavy atom. The molecule has 1 aromatic rings. The fourth-order valence-corrected chi connectivity index (χ4v) is 2.41. The molecule has 102 valence electrons. The monoisotopic (exact) mass is 260 g/mol. The van der Waals surface area contributed by atoms with Gasteiger partial charge in [-0.25, -0.2) is 4.39 Å². The Balaban J connectivity index is 1.99. The van der Waals surface area contributed by atoms with Crippen LogP contribution < -0.4 is 5.73 Å². The summed E-state index contributed by atoms with van der Waals surface area (Å²) in [6.45, 7) is 2.22. The first-order valence-electron chi connectivity index (χ1n) is 6.85. The van der Waals surface area contributed by atoms with Crippen molar-refractivity contribution in [1.29, 1.82) is 0 Å². The molecule has 1 fully saturated rings. The summed E-state index contributed by atoms with van der Waals surface area (Å²) in [4.78, 5) is 2.30. The van der Waals surface area contributed by atoms with E-state index in [4.69, 9.17) is 5.73 Å². The summed E-state index contributed by atoms with van der Waals surface area (Å²) in [6.07, 6.45) is 4.07. The Morgan fingerprint density at radius 3 is 2.84 bits per heavy atom. The summed E-state index contributed by atoms with van der Waals surface area (Å²) < 4.78 is 13.5. The molecule has 0 spiro atoms. The van der Waals surface area contributed by atoms with Gasteiger partial charge < -0.3 is 10.6 Å². The topological polar surface area (TPSA) is 29.3 Å². The van der Waals surface area contributed by atoms with E-state index >= 15 is 0 Å². The van der Waals surface area contributed by atoms with Gasteiger partial charge in [0.15, 0.2) is 0 Å². The molecular formula is C16H21FN2. The molecule has 19 heavy (non-hydrogen) atoms. The van der Waals surface area contributed by atoms with E-state index in [1.54, 1.807) is 0 Å². The summed E-state index contributed by atoms with van der Waals surface area (Å²) in [5, 5.41) is 0. The van der Waals surface area contributed by atoms with Crippen molar-refractivity contribution < 1.29 is 4.39 Å². The van der Waals surface area contributed by atoms with Crippen molar-refractivity contribution >= 4 is 0 Å². The van der Waals surface area contributed by atoms with Gasteiger partial charge in [0.25, 0.3) is 0 Å². The van der Waals surface area contributed by atoms with Crippen molar-refractivity contribution in [1.82, 2.24) is 4.90 Å². The molecule has 2 nitrogen and oxygen atoms in total. The number of rotatable bonds is 4. The van der Waals surface area contributed by atoms with E-state index in [0.29, 0.717) is 5.56 Å². The molecule has 0 amide bonds. The predicted octanol–water partition coefficient (Wildman–Crippen LogP) is 2.37. The number of hydrogen-bond acceptors (Lipinski definition) is 2. The fraction of sp³-hybridized carbons (Fsp3) is 0.500. The first-order chi connectivity index (χ1) is 9.19. The zero-order valence-corrected chi connectivity index (χ0v) is 11.5. The molecule has 0 atom stereocenters. The average Bonchev–Trinajstić information content (AvgIpc) is 2.34. The number of hydrogen-bond donors (Lipinski definition) is 1. The van der Waals surface area contributed by atoms with Crippen LogP contribution in [0.15, 0.2) is 18.2 Å². The number of nitrogens with two attached hydrogens (primary N) is 1. The lowest BCUT2D eigenvalue weighted by Gasteiger charge is -2.30. The lowest BCUT2D eigenvalue weighted by atomic mass is 9.85. The molecule has 1 aliphatic carbocycles. The zero-order valence-electron chi connectivity index (χ0n) is 11.5. The lowest BCUT2D eigenvalue weighted by molar-refractivity contribution is 0.200. The molecule has 0 radical (unpaired) electrons. The number of halogens is 1. The van der Waals surface area contributed by atoms with Crippen LogP contribution in [0.5, 0.6) is 0 Å². The minimum Gasteiger partial charge on any atom is -0.320 e. The Kier molecular flexibility index (Phi) is 4.95. The van der Waals surface area contributed by atoms with E-state index in [0.717, 1.165) is 24.6 Å². The van der Waals surface area contributed by atoms with Crippen LogP contribution >= 0.6 is 0 Å². The molecule has 1 aromatic carbocycles. The van der Waals surface area contributed by atoms with Crippen molar-refractivity contribution in [3.8, 4) is 11.8 Å². The molecule has 1 aliphatic rings. The van der Waals surface area contributed by atoms with Gasteiger partial charge in [-0.05, 0) is 43.5 Å². The van der Waals surface area contributed by atoms with Crippen molar-refractivity contribution in [2.75, 3.05) is 20.1 Å². The maximum atomic E-state index is 13.5. The van der Waals surface area contributed by atoms with Crippen LogP contribution in [-0.2, 0) is 6.54 Å². The maximum absolute atomic E-state index is 13.5. The minimum absolute atomic E-state index is 0.255. The van der Waals surface area contributed by atoms with Crippen LogP contribution in [0.1, 0.15) is 30.4 Å². The molecule has 2 rings (SSSR count). The van der Waals surface area contributed by atoms with Gasteiger partial charge in [-0.15, -0.1) is 0 Å². The third-order valence-electron chi connectivity index (χ3n) is 3.60. The Hall–Kier alpha value is -1.37. The highest BCUT2D eigenvalue weighted by Gasteiger charge is 2.19. The average molecular weight is 260 g/mol. The first-order valence-corrected chi connectivity index (χ1v) is 6.85.